The van der Waals surface area contributed by atoms with Crippen molar-refractivity contribution in [2.45, 2.75) is 20.0 Å². The second-order valence-corrected chi connectivity index (χ2v) is 3.91. The number of para-hydroxylation sites is 1. The van der Waals surface area contributed by atoms with Crippen LogP contribution in [0.2, 0.25) is 0 Å². The van der Waals surface area contributed by atoms with Crippen LogP contribution in [0.25, 0.3) is 6.08 Å². The van der Waals surface area contributed by atoms with Crippen molar-refractivity contribution in [2.24, 2.45) is 0 Å². The zero-order valence-electron chi connectivity index (χ0n) is 10.6. The smallest absolute Gasteiger partial charge is 0.126 e. The van der Waals surface area contributed by atoms with E-state index in [4.69, 9.17) is 4.74 Å². The topological polar surface area (TPSA) is 21.3 Å². The van der Waals surface area contributed by atoms with Gasteiger partial charge in [-0.15, -0.1) is 6.58 Å². The minimum Gasteiger partial charge on any atom is -0.489 e. The Labute approximate surface area is 104 Å². The van der Waals surface area contributed by atoms with Gasteiger partial charge in [0.25, 0.3) is 0 Å². The number of allylic oxidation sites excluding steroid dienone is 1. The Hall–Kier alpha value is -1.54. The Morgan fingerprint density at radius 2 is 2.18 bits per heavy atom. The van der Waals surface area contributed by atoms with Crippen LogP contribution in [0.1, 0.15) is 19.4 Å². The largest absolute Gasteiger partial charge is 0.489 e. The molecule has 0 radical (unpaired) electrons. The van der Waals surface area contributed by atoms with Crippen LogP contribution in [-0.2, 0) is 0 Å². The van der Waals surface area contributed by atoms with Crippen molar-refractivity contribution in [3.05, 3.63) is 48.6 Å². The number of rotatable bonds is 7. The van der Waals surface area contributed by atoms with Crippen LogP contribution >= 0.6 is 0 Å². The molecule has 17 heavy (non-hydrogen) atoms. The van der Waals surface area contributed by atoms with E-state index in [1.54, 1.807) is 0 Å². The van der Waals surface area contributed by atoms with Crippen LogP contribution in [0.5, 0.6) is 5.75 Å². The van der Waals surface area contributed by atoms with Gasteiger partial charge >= 0.3 is 0 Å². The first-order chi connectivity index (χ1) is 8.27. The lowest BCUT2D eigenvalue weighted by Crippen LogP contribution is -2.29. The van der Waals surface area contributed by atoms with E-state index in [-0.39, 0.29) is 6.10 Å². The van der Waals surface area contributed by atoms with Crippen molar-refractivity contribution in [2.75, 3.05) is 13.1 Å². The van der Waals surface area contributed by atoms with Crippen LogP contribution < -0.4 is 10.1 Å². The molecule has 0 saturated heterocycles. The second kappa shape index (κ2) is 7.69. The van der Waals surface area contributed by atoms with E-state index in [0.717, 1.165) is 24.4 Å². The van der Waals surface area contributed by atoms with E-state index in [1.165, 1.54) is 0 Å². The van der Waals surface area contributed by atoms with Crippen LogP contribution in [0.3, 0.4) is 0 Å². The molecule has 92 valence electrons. The monoisotopic (exact) mass is 231 g/mol. The number of benzene rings is 1. The predicted molar refractivity (Wildman–Crippen MR) is 74.3 cm³/mol. The van der Waals surface area contributed by atoms with Crippen molar-refractivity contribution < 1.29 is 4.74 Å². The normalized spacial score (nSPS) is 12.6. The van der Waals surface area contributed by atoms with Gasteiger partial charge in [0.15, 0.2) is 0 Å². The summed E-state index contributed by atoms with van der Waals surface area (Å²) in [6.45, 7) is 9.36. The summed E-state index contributed by atoms with van der Waals surface area (Å²) in [5.41, 5.74) is 1.12. The lowest BCUT2D eigenvalue weighted by atomic mass is 10.2. The SMILES string of the molecule is C=CCNCC(C)Oc1ccccc1C=CC. The molecule has 0 aliphatic rings. The highest BCUT2D eigenvalue weighted by Gasteiger charge is 2.05. The van der Waals surface area contributed by atoms with E-state index in [9.17, 15) is 0 Å². The van der Waals surface area contributed by atoms with Crippen LogP contribution in [0.15, 0.2) is 43.0 Å². The van der Waals surface area contributed by atoms with Gasteiger partial charge in [-0.3, -0.25) is 0 Å². The first-order valence-corrected chi connectivity index (χ1v) is 5.98. The third-order valence-electron chi connectivity index (χ3n) is 2.31. The third kappa shape index (κ3) is 4.87. The average molecular weight is 231 g/mol. The lowest BCUT2D eigenvalue weighted by molar-refractivity contribution is 0.218. The number of ether oxygens (including phenoxy) is 1. The maximum atomic E-state index is 5.90. The van der Waals surface area contributed by atoms with Gasteiger partial charge in [0.2, 0.25) is 0 Å². The third-order valence-corrected chi connectivity index (χ3v) is 2.31. The van der Waals surface area contributed by atoms with Crippen LogP contribution in [0.4, 0.5) is 0 Å². The molecule has 1 atom stereocenters. The maximum Gasteiger partial charge on any atom is 0.126 e. The number of hydrogen-bond donors (Lipinski definition) is 1. The molecule has 1 aromatic carbocycles. The fourth-order valence-electron chi connectivity index (χ4n) is 1.55. The summed E-state index contributed by atoms with van der Waals surface area (Å²) in [6.07, 6.45) is 6.06. The van der Waals surface area contributed by atoms with Gasteiger partial charge < -0.3 is 10.1 Å². The number of nitrogens with one attached hydrogen (secondary N) is 1. The minimum atomic E-state index is 0.140. The van der Waals surface area contributed by atoms with Crippen molar-refractivity contribution in [1.29, 1.82) is 0 Å². The predicted octanol–water partition coefficient (Wildman–Crippen LogP) is 3.26. The fraction of sp³-hybridized carbons (Fsp3) is 0.333. The van der Waals surface area contributed by atoms with E-state index in [0.29, 0.717) is 0 Å². The van der Waals surface area contributed by atoms with E-state index in [1.807, 2.05) is 37.3 Å². The zero-order valence-corrected chi connectivity index (χ0v) is 10.6. The molecule has 1 rings (SSSR count). The molecule has 0 bridgehead atoms. The molecule has 0 fully saturated rings. The van der Waals surface area contributed by atoms with E-state index < -0.39 is 0 Å². The summed E-state index contributed by atoms with van der Waals surface area (Å²) in [5, 5.41) is 3.25. The first-order valence-electron chi connectivity index (χ1n) is 5.98. The summed E-state index contributed by atoms with van der Waals surface area (Å²) >= 11 is 0. The molecule has 0 saturated carbocycles. The van der Waals surface area contributed by atoms with Gasteiger partial charge in [0.05, 0.1) is 0 Å². The molecule has 2 nitrogen and oxygen atoms in total. The molecule has 1 unspecified atom stereocenters. The van der Waals surface area contributed by atoms with Gasteiger partial charge in [-0.1, -0.05) is 36.4 Å². The summed E-state index contributed by atoms with van der Waals surface area (Å²) < 4.78 is 5.90. The van der Waals surface area contributed by atoms with Crippen LogP contribution in [-0.4, -0.2) is 19.2 Å². The molecule has 1 N–H and O–H groups in total. The lowest BCUT2D eigenvalue weighted by Gasteiger charge is -2.16. The summed E-state index contributed by atoms with van der Waals surface area (Å²) in [4.78, 5) is 0. The van der Waals surface area contributed by atoms with Gasteiger partial charge in [0.1, 0.15) is 11.9 Å². The Morgan fingerprint density at radius 3 is 2.88 bits per heavy atom. The molecule has 2 heteroatoms. The molecule has 0 aliphatic heterocycles. The maximum absolute atomic E-state index is 5.90. The van der Waals surface area contributed by atoms with Gasteiger partial charge in [0, 0.05) is 18.7 Å². The zero-order chi connectivity index (χ0) is 12.5. The van der Waals surface area contributed by atoms with Crippen LogP contribution in [0, 0.1) is 0 Å². The van der Waals surface area contributed by atoms with E-state index in [2.05, 4.69) is 31.0 Å². The molecular formula is C15H21NO. The highest BCUT2D eigenvalue weighted by atomic mass is 16.5. The summed E-state index contributed by atoms with van der Waals surface area (Å²) in [7, 11) is 0. The van der Waals surface area contributed by atoms with Gasteiger partial charge in [-0.25, -0.2) is 0 Å². The van der Waals surface area contributed by atoms with Crippen molar-refractivity contribution in [1.82, 2.24) is 5.32 Å². The average Bonchev–Trinajstić information content (AvgIpc) is 2.32. The van der Waals surface area contributed by atoms with Gasteiger partial charge in [-0.05, 0) is 19.9 Å². The Kier molecular flexibility index (Phi) is 6.12. The number of hydrogen-bond acceptors (Lipinski definition) is 2. The van der Waals surface area contributed by atoms with Gasteiger partial charge in [-0.2, -0.15) is 0 Å². The highest BCUT2D eigenvalue weighted by molar-refractivity contribution is 5.56. The quantitative estimate of drug-likeness (QED) is 0.574. The molecule has 0 aliphatic carbocycles. The van der Waals surface area contributed by atoms with Crippen molar-refractivity contribution >= 4 is 6.08 Å². The standard InChI is InChI=1S/C15H21NO/c1-4-8-14-9-6-7-10-15(14)17-13(3)12-16-11-5-2/h4-10,13,16H,2,11-12H2,1,3H3. The van der Waals surface area contributed by atoms with Crippen molar-refractivity contribution in [3.8, 4) is 5.75 Å². The van der Waals surface area contributed by atoms with E-state index >= 15 is 0 Å². The molecule has 1 aromatic rings. The summed E-state index contributed by atoms with van der Waals surface area (Å²) in [6, 6.07) is 8.06. The second-order valence-electron chi connectivity index (χ2n) is 3.91. The highest BCUT2D eigenvalue weighted by Crippen LogP contribution is 2.20. The first kappa shape index (κ1) is 13.5. The minimum absolute atomic E-state index is 0.140. The Balaban J connectivity index is 2.57. The molecule has 0 amide bonds. The molecule has 0 aromatic heterocycles. The Bertz CT molecular complexity index is 371. The van der Waals surface area contributed by atoms with Crippen molar-refractivity contribution in [3.63, 3.8) is 0 Å². The fourth-order valence-corrected chi connectivity index (χ4v) is 1.55. The molecule has 0 spiro atoms. The summed E-state index contributed by atoms with van der Waals surface area (Å²) in [5.74, 6) is 0.929. The molecular weight excluding hydrogens is 210 g/mol. The Morgan fingerprint density at radius 1 is 1.41 bits per heavy atom. The molecule has 0 heterocycles.